The van der Waals surface area contributed by atoms with Gasteiger partial charge in [-0.1, -0.05) is 31.4 Å². The Kier molecular flexibility index (Phi) is 6.85. The van der Waals surface area contributed by atoms with Crippen LogP contribution in [0.2, 0.25) is 0 Å². The lowest BCUT2D eigenvalue weighted by Gasteiger charge is -2.20. The standard InChI is InChI=1S/C21H29N3O3/c25-19(15-23-20(26)17-6-2-1-3-7-17)22-14-16-8-10-18(11-9-16)21(27)24-12-4-5-13-24/h8-11,17H,1-7,12-15H2,(H,22,25)(H,23,26). The molecule has 6 nitrogen and oxygen atoms in total. The van der Waals surface area contributed by atoms with Crippen LogP contribution in [0.4, 0.5) is 0 Å². The molecule has 0 spiro atoms. The van der Waals surface area contributed by atoms with E-state index < -0.39 is 0 Å². The lowest BCUT2D eigenvalue weighted by Crippen LogP contribution is -2.39. The highest BCUT2D eigenvalue weighted by atomic mass is 16.2. The molecule has 1 aliphatic heterocycles. The van der Waals surface area contributed by atoms with Gasteiger partial charge < -0.3 is 15.5 Å². The van der Waals surface area contributed by atoms with E-state index in [1.165, 1.54) is 6.42 Å². The monoisotopic (exact) mass is 371 g/mol. The number of carbonyl (C=O) groups excluding carboxylic acids is 3. The molecule has 0 radical (unpaired) electrons. The van der Waals surface area contributed by atoms with Crippen LogP contribution < -0.4 is 10.6 Å². The molecule has 2 aliphatic rings. The fraction of sp³-hybridized carbons (Fsp3) is 0.571. The molecule has 1 heterocycles. The SMILES string of the molecule is O=C(CNC(=O)C1CCCCC1)NCc1ccc(C(=O)N2CCCC2)cc1. The summed E-state index contributed by atoms with van der Waals surface area (Å²) in [6.45, 7) is 2.07. The lowest BCUT2D eigenvalue weighted by molar-refractivity contribution is -0.129. The molecule has 1 aliphatic carbocycles. The largest absolute Gasteiger partial charge is 0.350 e. The van der Waals surface area contributed by atoms with Gasteiger partial charge in [0, 0.05) is 31.1 Å². The molecule has 3 amide bonds. The van der Waals surface area contributed by atoms with Crippen molar-refractivity contribution in [3.8, 4) is 0 Å². The number of benzene rings is 1. The van der Waals surface area contributed by atoms with Crippen molar-refractivity contribution in [2.75, 3.05) is 19.6 Å². The summed E-state index contributed by atoms with van der Waals surface area (Å²) in [7, 11) is 0. The predicted molar refractivity (Wildman–Crippen MR) is 103 cm³/mol. The van der Waals surface area contributed by atoms with Gasteiger partial charge in [0.05, 0.1) is 6.54 Å². The molecular formula is C21H29N3O3. The minimum Gasteiger partial charge on any atom is -0.350 e. The van der Waals surface area contributed by atoms with Gasteiger partial charge >= 0.3 is 0 Å². The number of amides is 3. The molecule has 2 fully saturated rings. The molecule has 0 aromatic heterocycles. The summed E-state index contributed by atoms with van der Waals surface area (Å²) in [5.41, 5.74) is 1.62. The van der Waals surface area contributed by atoms with Crippen molar-refractivity contribution in [2.24, 2.45) is 5.92 Å². The number of likely N-dealkylation sites (tertiary alicyclic amines) is 1. The molecule has 0 bridgehead atoms. The van der Waals surface area contributed by atoms with Crippen LogP contribution in [0.3, 0.4) is 0 Å². The molecule has 27 heavy (non-hydrogen) atoms. The maximum Gasteiger partial charge on any atom is 0.253 e. The fourth-order valence-electron chi connectivity index (χ4n) is 3.81. The Morgan fingerprint density at radius 3 is 2.22 bits per heavy atom. The number of rotatable bonds is 6. The number of nitrogens with zero attached hydrogens (tertiary/aromatic N) is 1. The summed E-state index contributed by atoms with van der Waals surface area (Å²) in [6.07, 6.45) is 7.40. The minimum atomic E-state index is -0.198. The maximum absolute atomic E-state index is 12.3. The molecule has 1 aromatic rings. The number of hydrogen-bond donors (Lipinski definition) is 2. The smallest absolute Gasteiger partial charge is 0.253 e. The van der Waals surface area contributed by atoms with E-state index in [1.54, 1.807) is 0 Å². The Hall–Kier alpha value is -2.37. The third-order valence-corrected chi connectivity index (χ3v) is 5.48. The van der Waals surface area contributed by atoms with Crippen molar-refractivity contribution in [3.63, 3.8) is 0 Å². The Bertz CT molecular complexity index is 660. The van der Waals surface area contributed by atoms with Crippen LogP contribution >= 0.6 is 0 Å². The van der Waals surface area contributed by atoms with E-state index in [-0.39, 0.29) is 30.2 Å². The summed E-state index contributed by atoms with van der Waals surface area (Å²) in [5.74, 6) is -0.0632. The minimum absolute atomic E-state index is 0.00497. The lowest BCUT2D eigenvalue weighted by atomic mass is 9.89. The van der Waals surface area contributed by atoms with E-state index >= 15 is 0 Å². The van der Waals surface area contributed by atoms with Crippen LogP contribution in [-0.2, 0) is 16.1 Å². The first-order valence-electron chi connectivity index (χ1n) is 10.1. The molecular weight excluding hydrogens is 342 g/mol. The van der Waals surface area contributed by atoms with Gasteiger partial charge in [-0.15, -0.1) is 0 Å². The molecule has 0 unspecified atom stereocenters. The first-order chi connectivity index (χ1) is 13.1. The normalized spacial score (nSPS) is 17.6. The van der Waals surface area contributed by atoms with Gasteiger partial charge in [-0.2, -0.15) is 0 Å². The van der Waals surface area contributed by atoms with Crippen molar-refractivity contribution in [1.82, 2.24) is 15.5 Å². The van der Waals surface area contributed by atoms with E-state index in [2.05, 4.69) is 10.6 Å². The molecule has 146 valence electrons. The average molecular weight is 371 g/mol. The Morgan fingerprint density at radius 1 is 0.889 bits per heavy atom. The third-order valence-electron chi connectivity index (χ3n) is 5.48. The molecule has 1 saturated heterocycles. The van der Waals surface area contributed by atoms with Crippen LogP contribution in [0.15, 0.2) is 24.3 Å². The van der Waals surface area contributed by atoms with E-state index in [0.29, 0.717) is 12.1 Å². The zero-order valence-electron chi connectivity index (χ0n) is 15.8. The van der Waals surface area contributed by atoms with E-state index in [9.17, 15) is 14.4 Å². The number of hydrogen-bond acceptors (Lipinski definition) is 3. The fourth-order valence-corrected chi connectivity index (χ4v) is 3.81. The van der Waals surface area contributed by atoms with Crippen molar-refractivity contribution in [3.05, 3.63) is 35.4 Å². The summed E-state index contributed by atoms with van der Waals surface area (Å²) in [6, 6.07) is 7.36. The molecule has 0 atom stereocenters. The van der Waals surface area contributed by atoms with Crippen LogP contribution in [0.1, 0.15) is 60.9 Å². The third kappa shape index (κ3) is 5.55. The van der Waals surface area contributed by atoms with Gasteiger partial charge in [-0.25, -0.2) is 0 Å². The van der Waals surface area contributed by atoms with E-state index in [1.807, 2.05) is 29.2 Å². The van der Waals surface area contributed by atoms with Crippen LogP contribution in [0, 0.1) is 5.92 Å². The van der Waals surface area contributed by atoms with Gasteiger partial charge in [0.2, 0.25) is 11.8 Å². The van der Waals surface area contributed by atoms with Crippen LogP contribution in [0.25, 0.3) is 0 Å². The highest BCUT2D eigenvalue weighted by Crippen LogP contribution is 2.23. The highest BCUT2D eigenvalue weighted by Gasteiger charge is 2.21. The summed E-state index contributed by atoms with van der Waals surface area (Å²) in [4.78, 5) is 38.2. The molecule has 1 aromatic carbocycles. The number of nitrogens with one attached hydrogen (secondary N) is 2. The quantitative estimate of drug-likeness (QED) is 0.805. The van der Waals surface area contributed by atoms with Gasteiger partial charge in [0.15, 0.2) is 0 Å². The molecule has 1 saturated carbocycles. The van der Waals surface area contributed by atoms with Gasteiger partial charge in [0.25, 0.3) is 5.91 Å². The van der Waals surface area contributed by atoms with Crippen LogP contribution in [0.5, 0.6) is 0 Å². The average Bonchev–Trinajstić information content (AvgIpc) is 3.26. The zero-order valence-corrected chi connectivity index (χ0v) is 15.8. The summed E-state index contributed by atoms with van der Waals surface area (Å²) in [5, 5.41) is 5.55. The second-order valence-corrected chi connectivity index (χ2v) is 7.53. The van der Waals surface area contributed by atoms with Crippen molar-refractivity contribution in [1.29, 1.82) is 0 Å². The van der Waals surface area contributed by atoms with Crippen molar-refractivity contribution >= 4 is 17.7 Å². The first kappa shape index (κ1) is 19.4. The highest BCUT2D eigenvalue weighted by molar-refractivity contribution is 5.94. The second-order valence-electron chi connectivity index (χ2n) is 7.53. The van der Waals surface area contributed by atoms with E-state index in [0.717, 1.165) is 57.2 Å². The second kappa shape index (κ2) is 9.53. The topological polar surface area (TPSA) is 78.5 Å². The maximum atomic E-state index is 12.3. The van der Waals surface area contributed by atoms with Crippen molar-refractivity contribution in [2.45, 2.75) is 51.5 Å². The van der Waals surface area contributed by atoms with Crippen molar-refractivity contribution < 1.29 is 14.4 Å². The van der Waals surface area contributed by atoms with E-state index in [4.69, 9.17) is 0 Å². The Morgan fingerprint density at radius 2 is 1.56 bits per heavy atom. The molecule has 2 N–H and O–H groups in total. The summed E-state index contributed by atoms with van der Waals surface area (Å²) >= 11 is 0. The predicted octanol–water partition coefficient (Wildman–Crippen LogP) is 2.24. The molecule has 3 rings (SSSR count). The Labute approximate surface area is 160 Å². The van der Waals surface area contributed by atoms with Crippen LogP contribution in [-0.4, -0.2) is 42.3 Å². The molecule has 6 heteroatoms. The van der Waals surface area contributed by atoms with Gasteiger partial charge in [0.1, 0.15) is 0 Å². The first-order valence-corrected chi connectivity index (χ1v) is 10.1. The Balaban J connectivity index is 1.39. The zero-order chi connectivity index (χ0) is 19.1. The summed E-state index contributed by atoms with van der Waals surface area (Å²) < 4.78 is 0. The van der Waals surface area contributed by atoms with Gasteiger partial charge in [-0.05, 0) is 43.4 Å². The number of carbonyl (C=O) groups is 3. The van der Waals surface area contributed by atoms with Gasteiger partial charge in [-0.3, -0.25) is 14.4 Å².